The smallest absolute Gasteiger partial charge is 0.259 e. The Labute approximate surface area is 183 Å². The van der Waals surface area contributed by atoms with Crippen LogP contribution in [0.5, 0.6) is 11.5 Å². The van der Waals surface area contributed by atoms with Crippen LogP contribution in [0.2, 0.25) is 0 Å². The van der Waals surface area contributed by atoms with Crippen molar-refractivity contribution in [3.8, 4) is 11.5 Å². The summed E-state index contributed by atoms with van der Waals surface area (Å²) < 4.78 is 12.7. The molecule has 0 saturated carbocycles. The van der Waals surface area contributed by atoms with Crippen molar-refractivity contribution in [2.24, 2.45) is 5.73 Å². The Morgan fingerprint density at radius 3 is 2.25 bits per heavy atom. The number of carbonyl (C=O) groups excluding carboxylic acids is 2. The SMILES string of the molecule is COc1ccc2[nH]cc(C3=C(c4cn(CCN)c5ccc(OC)cc45)C(=O)NC3=O)c2c1. The van der Waals surface area contributed by atoms with Crippen molar-refractivity contribution in [2.45, 2.75) is 6.54 Å². The van der Waals surface area contributed by atoms with Gasteiger partial charge in [-0.15, -0.1) is 0 Å². The first-order valence-corrected chi connectivity index (χ1v) is 10.2. The van der Waals surface area contributed by atoms with Crippen molar-refractivity contribution in [3.05, 3.63) is 59.9 Å². The molecule has 1 aliphatic rings. The summed E-state index contributed by atoms with van der Waals surface area (Å²) >= 11 is 0. The lowest BCUT2D eigenvalue weighted by Crippen LogP contribution is -2.22. The summed E-state index contributed by atoms with van der Waals surface area (Å²) in [6.07, 6.45) is 3.62. The van der Waals surface area contributed by atoms with Crippen LogP contribution in [-0.4, -0.2) is 42.1 Å². The molecule has 8 heteroatoms. The monoisotopic (exact) mass is 430 g/mol. The van der Waals surface area contributed by atoms with Crippen LogP contribution < -0.4 is 20.5 Å². The van der Waals surface area contributed by atoms with E-state index in [1.807, 2.05) is 47.2 Å². The Hall–Kier alpha value is -4.04. The summed E-state index contributed by atoms with van der Waals surface area (Å²) in [6, 6.07) is 11.2. The Kier molecular flexibility index (Phi) is 4.71. The normalized spacial score (nSPS) is 14.0. The van der Waals surface area contributed by atoms with Crippen LogP contribution in [0, 0.1) is 0 Å². The third kappa shape index (κ3) is 2.96. The lowest BCUT2D eigenvalue weighted by molar-refractivity contribution is -0.122. The van der Waals surface area contributed by atoms with Gasteiger partial charge in [0.25, 0.3) is 11.8 Å². The maximum atomic E-state index is 13.0. The van der Waals surface area contributed by atoms with E-state index in [4.69, 9.17) is 15.2 Å². The van der Waals surface area contributed by atoms with Gasteiger partial charge >= 0.3 is 0 Å². The van der Waals surface area contributed by atoms with Gasteiger partial charge in [0.15, 0.2) is 0 Å². The van der Waals surface area contributed by atoms with Gasteiger partial charge in [0.05, 0.1) is 25.4 Å². The van der Waals surface area contributed by atoms with Crippen LogP contribution in [0.15, 0.2) is 48.8 Å². The number of imide groups is 1. The summed E-state index contributed by atoms with van der Waals surface area (Å²) in [4.78, 5) is 29.2. The van der Waals surface area contributed by atoms with Crippen LogP contribution >= 0.6 is 0 Å². The van der Waals surface area contributed by atoms with Crippen molar-refractivity contribution in [1.29, 1.82) is 0 Å². The number of H-pyrrole nitrogens is 1. The average Bonchev–Trinajstić information content (AvgIpc) is 3.46. The number of nitrogens with zero attached hydrogens (tertiary/aromatic N) is 1. The Morgan fingerprint density at radius 2 is 1.56 bits per heavy atom. The Morgan fingerprint density at radius 1 is 0.906 bits per heavy atom. The van der Waals surface area contributed by atoms with Gasteiger partial charge in [0.2, 0.25) is 0 Å². The van der Waals surface area contributed by atoms with Crippen LogP contribution in [-0.2, 0) is 16.1 Å². The molecule has 1 aliphatic heterocycles. The minimum atomic E-state index is -0.434. The van der Waals surface area contributed by atoms with Gasteiger partial charge in [0, 0.05) is 58.4 Å². The summed E-state index contributed by atoms with van der Waals surface area (Å²) in [6.45, 7) is 1.01. The number of methoxy groups -OCH3 is 2. The van der Waals surface area contributed by atoms with Crippen LogP contribution in [0.3, 0.4) is 0 Å². The summed E-state index contributed by atoms with van der Waals surface area (Å²) in [5.41, 5.74) is 9.50. The number of hydrogen-bond acceptors (Lipinski definition) is 5. The van der Waals surface area contributed by atoms with Crippen LogP contribution in [0.25, 0.3) is 33.0 Å². The second-order valence-corrected chi connectivity index (χ2v) is 7.56. The zero-order valence-corrected chi connectivity index (χ0v) is 17.7. The van der Waals surface area contributed by atoms with E-state index in [2.05, 4.69) is 10.3 Å². The molecule has 32 heavy (non-hydrogen) atoms. The number of amides is 2. The van der Waals surface area contributed by atoms with E-state index in [9.17, 15) is 9.59 Å². The number of carbonyl (C=O) groups is 2. The highest BCUT2D eigenvalue weighted by Crippen LogP contribution is 2.39. The molecule has 0 atom stereocenters. The molecule has 0 fully saturated rings. The maximum absolute atomic E-state index is 13.0. The van der Waals surface area contributed by atoms with Gasteiger partial charge in [-0.05, 0) is 36.4 Å². The third-order valence-corrected chi connectivity index (χ3v) is 5.82. The number of aromatic amines is 1. The van der Waals surface area contributed by atoms with Gasteiger partial charge in [0.1, 0.15) is 11.5 Å². The third-order valence-electron chi connectivity index (χ3n) is 5.82. The molecule has 0 bridgehead atoms. The fourth-order valence-corrected chi connectivity index (χ4v) is 4.33. The first-order valence-electron chi connectivity index (χ1n) is 10.2. The van der Waals surface area contributed by atoms with Crippen molar-refractivity contribution in [1.82, 2.24) is 14.9 Å². The number of ether oxygens (including phenoxy) is 2. The molecule has 3 heterocycles. The predicted molar refractivity (Wildman–Crippen MR) is 122 cm³/mol. The predicted octanol–water partition coefficient (Wildman–Crippen LogP) is 2.67. The van der Waals surface area contributed by atoms with E-state index < -0.39 is 11.8 Å². The molecule has 8 nitrogen and oxygen atoms in total. The van der Waals surface area contributed by atoms with Gasteiger partial charge in [-0.25, -0.2) is 0 Å². The second-order valence-electron chi connectivity index (χ2n) is 7.56. The number of nitrogens with one attached hydrogen (secondary N) is 2. The lowest BCUT2D eigenvalue weighted by Gasteiger charge is -2.05. The highest BCUT2D eigenvalue weighted by molar-refractivity contribution is 6.50. The van der Waals surface area contributed by atoms with Gasteiger partial charge in [-0.3, -0.25) is 14.9 Å². The summed E-state index contributed by atoms with van der Waals surface area (Å²) in [5, 5.41) is 4.08. The van der Waals surface area contributed by atoms with Gasteiger partial charge in [-0.2, -0.15) is 0 Å². The minimum Gasteiger partial charge on any atom is -0.497 e. The minimum absolute atomic E-state index is 0.323. The highest BCUT2D eigenvalue weighted by atomic mass is 16.5. The van der Waals surface area contributed by atoms with Gasteiger partial charge < -0.3 is 24.8 Å². The largest absolute Gasteiger partial charge is 0.497 e. The molecule has 4 aromatic rings. The fraction of sp³-hybridized carbons (Fsp3) is 0.167. The molecule has 2 aromatic carbocycles. The summed E-state index contributed by atoms with van der Waals surface area (Å²) in [7, 11) is 3.18. The quantitative estimate of drug-likeness (QED) is 0.407. The Bertz CT molecular complexity index is 1430. The highest BCUT2D eigenvalue weighted by Gasteiger charge is 2.35. The molecule has 0 aliphatic carbocycles. The lowest BCUT2D eigenvalue weighted by atomic mass is 9.95. The van der Waals surface area contributed by atoms with E-state index in [-0.39, 0.29) is 0 Å². The molecule has 0 radical (unpaired) electrons. The molecule has 0 unspecified atom stereocenters. The molecule has 0 saturated heterocycles. The van der Waals surface area contributed by atoms with Crippen molar-refractivity contribution in [2.75, 3.05) is 20.8 Å². The number of rotatable bonds is 6. The van der Waals surface area contributed by atoms with E-state index in [1.165, 1.54) is 0 Å². The van der Waals surface area contributed by atoms with Crippen LogP contribution in [0.4, 0.5) is 0 Å². The van der Waals surface area contributed by atoms with E-state index in [0.29, 0.717) is 46.9 Å². The van der Waals surface area contributed by atoms with Crippen molar-refractivity contribution in [3.63, 3.8) is 0 Å². The van der Waals surface area contributed by atoms with Crippen molar-refractivity contribution < 1.29 is 19.1 Å². The number of hydrogen-bond donors (Lipinski definition) is 3. The number of aromatic nitrogens is 2. The second kappa shape index (κ2) is 7.58. The number of fused-ring (bicyclic) bond motifs is 2. The molecule has 5 rings (SSSR count). The average molecular weight is 430 g/mol. The number of nitrogens with two attached hydrogens (primary N) is 1. The zero-order chi connectivity index (χ0) is 22.4. The first kappa shape index (κ1) is 19.9. The molecule has 2 amide bonds. The standard InChI is InChI=1S/C24H22N4O4/c1-31-13-3-5-19-15(9-13)17(11-26-19)21-22(24(30)27-23(21)29)18-12-28(8-7-25)20-6-4-14(32-2)10-16(18)20/h3-6,9-12,26H,7-8,25H2,1-2H3,(H,27,29,30). The maximum Gasteiger partial charge on any atom is 0.259 e. The van der Waals surface area contributed by atoms with E-state index >= 15 is 0 Å². The molecule has 0 spiro atoms. The first-order chi connectivity index (χ1) is 15.5. The summed E-state index contributed by atoms with van der Waals surface area (Å²) in [5.74, 6) is 0.454. The molecule has 2 aromatic heterocycles. The molecule has 4 N–H and O–H groups in total. The van der Waals surface area contributed by atoms with Crippen molar-refractivity contribution >= 4 is 44.8 Å². The molecular weight excluding hydrogens is 408 g/mol. The Balaban J connectivity index is 1.82. The van der Waals surface area contributed by atoms with Crippen LogP contribution in [0.1, 0.15) is 11.1 Å². The fourth-order valence-electron chi connectivity index (χ4n) is 4.33. The van der Waals surface area contributed by atoms with Gasteiger partial charge in [-0.1, -0.05) is 0 Å². The van der Waals surface area contributed by atoms with E-state index in [1.54, 1.807) is 20.4 Å². The molecule has 162 valence electrons. The topological polar surface area (TPSA) is 111 Å². The number of benzene rings is 2. The van der Waals surface area contributed by atoms with E-state index in [0.717, 1.165) is 21.8 Å². The zero-order valence-electron chi connectivity index (χ0n) is 17.7. The molecular formula is C24H22N4O4.